The van der Waals surface area contributed by atoms with E-state index in [0.717, 1.165) is 29.7 Å². The summed E-state index contributed by atoms with van der Waals surface area (Å²) >= 11 is 1.58. The summed E-state index contributed by atoms with van der Waals surface area (Å²) in [5, 5.41) is 13.2. The molecule has 1 unspecified atom stereocenters. The molecule has 0 saturated carbocycles. The zero-order valence-electron chi connectivity index (χ0n) is 11.0. The van der Waals surface area contributed by atoms with Crippen LogP contribution in [0, 0.1) is 5.92 Å². The Hall–Kier alpha value is -0.680. The maximum Gasteiger partial charge on any atom is 0.205 e. The van der Waals surface area contributed by atoms with Gasteiger partial charge in [-0.05, 0) is 18.8 Å². The van der Waals surface area contributed by atoms with Crippen molar-refractivity contribution in [3.05, 3.63) is 5.01 Å². The number of nitrogens with zero attached hydrogens (tertiary/aromatic N) is 2. The average molecular weight is 257 g/mol. The van der Waals surface area contributed by atoms with Crippen LogP contribution in [0.25, 0.3) is 0 Å². The minimum absolute atomic E-state index is 0.583. The third-order valence-electron chi connectivity index (χ3n) is 2.40. The van der Waals surface area contributed by atoms with Crippen molar-refractivity contribution in [1.82, 2.24) is 10.2 Å². The van der Waals surface area contributed by atoms with Crippen LogP contribution in [0.2, 0.25) is 0 Å². The van der Waals surface area contributed by atoms with Gasteiger partial charge in [-0.1, -0.05) is 38.5 Å². The summed E-state index contributed by atoms with van der Waals surface area (Å²) in [7, 11) is 0. The summed E-state index contributed by atoms with van der Waals surface area (Å²) in [5.41, 5.74) is 0. The number of hydrogen-bond acceptors (Lipinski definition) is 5. The Morgan fingerprint density at radius 2 is 2.12 bits per heavy atom. The van der Waals surface area contributed by atoms with Crippen LogP contribution in [0.1, 0.15) is 45.0 Å². The number of aromatic nitrogens is 2. The molecule has 0 fully saturated rings. The van der Waals surface area contributed by atoms with Gasteiger partial charge in [0.1, 0.15) is 11.6 Å². The Morgan fingerprint density at radius 3 is 2.82 bits per heavy atom. The molecule has 0 amide bonds. The number of nitrogens with one attached hydrogen (secondary N) is 1. The molecule has 5 heteroatoms. The van der Waals surface area contributed by atoms with E-state index in [2.05, 4.69) is 36.3 Å². The van der Waals surface area contributed by atoms with Crippen molar-refractivity contribution >= 4 is 16.5 Å². The third-order valence-corrected chi connectivity index (χ3v) is 3.26. The van der Waals surface area contributed by atoms with Crippen molar-refractivity contribution in [1.29, 1.82) is 0 Å². The van der Waals surface area contributed by atoms with E-state index in [0.29, 0.717) is 12.5 Å². The van der Waals surface area contributed by atoms with E-state index < -0.39 is 0 Å². The van der Waals surface area contributed by atoms with Crippen LogP contribution < -0.4 is 5.32 Å². The van der Waals surface area contributed by atoms with Gasteiger partial charge in [0.05, 0.1) is 0 Å². The molecule has 0 saturated heterocycles. The lowest BCUT2D eigenvalue weighted by molar-refractivity contribution is 0.0888. The summed E-state index contributed by atoms with van der Waals surface area (Å²) in [5.74, 6) is 0.630. The predicted octanol–water partition coefficient (Wildman–Crippen LogP) is 3.31. The van der Waals surface area contributed by atoms with Gasteiger partial charge in [0.15, 0.2) is 0 Å². The molecular weight excluding hydrogens is 234 g/mol. The topological polar surface area (TPSA) is 47.0 Å². The van der Waals surface area contributed by atoms with Crippen molar-refractivity contribution in [3.8, 4) is 0 Å². The molecule has 4 nitrogen and oxygen atoms in total. The largest absolute Gasteiger partial charge is 0.374 e. The highest BCUT2D eigenvalue weighted by Crippen LogP contribution is 2.16. The number of rotatable bonds is 9. The highest BCUT2D eigenvalue weighted by Gasteiger charge is 2.05. The maximum atomic E-state index is 5.63. The Labute approximate surface area is 108 Å². The van der Waals surface area contributed by atoms with Crippen LogP contribution in [0.3, 0.4) is 0 Å². The quantitative estimate of drug-likeness (QED) is 0.737. The van der Waals surface area contributed by atoms with Crippen LogP contribution in [0.5, 0.6) is 0 Å². The molecule has 1 heterocycles. The summed E-state index contributed by atoms with van der Waals surface area (Å²) in [6.45, 7) is 8.89. The van der Waals surface area contributed by atoms with Crippen LogP contribution >= 0.6 is 11.3 Å². The van der Waals surface area contributed by atoms with Crippen molar-refractivity contribution in [2.45, 2.75) is 46.6 Å². The third kappa shape index (κ3) is 5.98. The molecule has 0 spiro atoms. The highest BCUT2D eigenvalue weighted by molar-refractivity contribution is 7.15. The number of ether oxygens (including phenoxy) is 1. The second kappa shape index (κ2) is 8.42. The normalized spacial score (nSPS) is 12.6. The molecule has 0 aliphatic carbocycles. The lowest BCUT2D eigenvalue weighted by atomic mass is 10.1. The van der Waals surface area contributed by atoms with Crippen molar-refractivity contribution in [2.75, 3.05) is 18.5 Å². The summed E-state index contributed by atoms with van der Waals surface area (Å²) in [4.78, 5) is 0. The molecule has 0 radical (unpaired) electrons. The zero-order chi connectivity index (χ0) is 12.5. The van der Waals surface area contributed by atoms with E-state index in [4.69, 9.17) is 4.74 Å². The lowest BCUT2D eigenvalue weighted by Gasteiger charge is -2.08. The maximum absolute atomic E-state index is 5.63. The molecular formula is C12H23N3OS. The number of hydrogen-bond donors (Lipinski definition) is 1. The highest BCUT2D eigenvalue weighted by atomic mass is 32.1. The SMILES string of the molecule is CCCNc1nnc(COCC(C)CCC)s1. The lowest BCUT2D eigenvalue weighted by Crippen LogP contribution is -2.05. The molecule has 1 rings (SSSR count). The summed E-state index contributed by atoms with van der Waals surface area (Å²) in [6.07, 6.45) is 3.54. The first-order valence-corrected chi connectivity index (χ1v) is 7.21. The average Bonchev–Trinajstić information content (AvgIpc) is 2.75. The van der Waals surface area contributed by atoms with Crippen LogP contribution in [-0.2, 0) is 11.3 Å². The fourth-order valence-electron chi connectivity index (χ4n) is 1.54. The molecule has 0 bridgehead atoms. The molecule has 0 aromatic carbocycles. The van der Waals surface area contributed by atoms with Gasteiger partial charge < -0.3 is 10.1 Å². The monoisotopic (exact) mass is 257 g/mol. The summed E-state index contributed by atoms with van der Waals surface area (Å²) in [6, 6.07) is 0. The van der Waals surface area contributed by atoms with Crippen LogP contribution in [0.4, 0.5) is 5.13 Å². The van der Waals surface area contributed by atoms with Gasteiger partial charge in [-0.25, -0.2) is 0 Å². The Bertz CT molecular complexity index is 304. The first-order chi connectivity index (χ1) is 8.26. The van der Waals surface area contributed by atoms with Crippen LogP contribution in [0.15, 0.2) is 0 Å². The van der Waals surface area contributed by atoms with Crippen molar-refractivity contribution in [3.63, 3.8) is 0 Å². The molecule has 1 atom stereocenters. The molecule has 1 N–H and O–H groups in total. The zero-order valence-corrected chi connectivity index (χ0v) is 11.8. The summed E-state index contributed by atoms with van der Waals surface area (Å²) < 4.78 is 5.63. The second-order valence-corrected chi connectivity index (χ2v) is 5.40. The van der Waals surface area contributed by atoms with Crippen molar-refractivity contribution < 1.29 is 4.74 Å². The molecule has 1 aromatic rings. The molecule has 0 aliphatic heterocycles. The second-order valence-electron chi connectivity index (χ2n) is 4.34. The Morgan fingerprint density at radius 1 is 1.29 bits per heavy atom. The standard InChI is InChI=1S/C12H23N3OS/c1-4-6-10(3)8-16-9-11-14-15-12(17-11)13-7-5-2/h10H,4-9H2,1-3H3,(H,13,15). The number of anilines is 1. The van der Waals surface area contributed by atoms with E-state index in [1.165, 1.54) is 12.8 Å². The Kier molecular flexibility index (Phi) is 7.12. The van der Waals surface area contributed by atoms with E-state index >= 15 is 0 Å². The minimum Gasteiger partial charge on any atom is -0.374 e. The van der Waals surface area contributed by atoms with Gasteiger partial charge >= 0.3 is 0 Å². The molecule has 17 heavy (non-hydrogen) atoms. The fourth-order valence-corrected chi connectivity index (χ4v) is 2.24. The molecule has 0 aliphatic rings. The minimum atomic E-state index is 0.583. The van der Waals surface area contributed by atoms with Gasteiger partial charge in [0.25, 0.3) is 0 Å². The first-order valence-electron chi connectivity index (χ1n) is 6.40. The Balaban J connectivity index is 2.20. The van der Waals surface area contributed by atoms with Crippen molar-refractivity contribution in [2.24, 2.45) is 5.92 Å². The van der Waals surface area contributed by atoms with E-state index in [1.807, 2.05) is 0 Å². The molecule has 98 valence electrons. The first kappa shape index (κ1) is 14.4. The fraction of sp³-hybridized carbons (Fsp3) is 0.833. The van der Waals surface area contributed by atoms with Gasteiger partial charge in [0, 0.05) is 13.2 Å². The smallest absolute Gasteiger partial charge is 0.205 e. The predicted molar refractivity (Wildman–Crippen MR) is 72.4 cm³/mol. The van der Waals surface area contributed by atoms with E-state index in [1.54, 1.807) is 11.3 Å². The van der Waals surface area contributed by atoms with Gasteiger partial charge in [-0.15, -0.1) is 10.2 Å². The van der Waals surface area contributed by atoms with Crippen LogP contribution in [-0.4, -0.2) is 23.3 Å². The van der Waals surface area contributed by atoms with Gasteiger partial charge in [-0.2, -0.15) is 0 Å². The van der Waals surface area contributed by atoms with Gasteiger partial charge in [0.2, 0.25) is 5.13 Å². The molecule has 1 aromatic heterocycles. The van der Waals surface area contributed by atoms with E-state index in [-0.39, 0.29) is 0 Å². The van der Waals surface area contributed by atoms with E-state index in [9.17, 15) is 0 Å². The van der Waals surface area contributed by atoms with Gasteiger partial charge in [-0.3, -0.25) is 0 Å².